The number of oxazole rings is 1. The molecule has 0 radical (unpaired) electrons. The molecule has 0 spiro atoms. The van der Waals surface area contributed by atoms with Gasteiger partial charge >= 0.3 is 5.76 Å². The Morgan fingerprint density at radius 2 is 1.68 bits per heavy atom. The third kappa shape index (κ3) is 2.79. The predicted molar refractivity (Wildman–Crippen MR) is 102 cm³/mol. The van der Waals surface area contributed by atoms with E-state index in [-0.39, 0.29) is 22.9 Å². The van der Waals surface area contributed by atoms with E-state index in [2.05, 4.69) is 36.8 Å². The highest BCUT2D eigenvalue weighted by Gasteiger charge is 2.25. The number of nitrogens with one attached hydrogen (secondary N) is 1. The molecule has 3 aromatic rings. The zero-order valence-electron chi connectivity index (χ0n) is 13.6. The third-order valence-corrected chi connectivity index (χ3v) is 6.46. The van der Waals surface area contributed by atoms with Gasteiger partial charge in [-0.2, -0.15) is 4.57 Å². The Balaban J connectivity index is 2.35. The van der Waals surface area contributed by atoms with E-state index in [1.54, 1.807) is 0 Å². The SMILES string of the molecule is Cc1c(Br)c(C)c(-c2oc(=O)n(-c3cc(=O)cc[nH]3)c2O)c(C)c1Br. The highest BCUT2D eigenvalue weighted by atomic mass is 79.9. The second kappa shape index (κ2) is 6.34. The smallest absolute Gasteiger partial charge is 0.428 e. The molecule has 0 aliphatic rings. The van der Waals surface area contributed by atoms with Crippen molar-refractivity contribution in [3.8, 4) is 23.0 Å². The molecular weight excluding hydrogens is 456 g/mol. The normalized spacial score (nSPS) is 11.1. The van der Waals surface area contributed by atoms with E-state index in [0.717, 1.165) is 30.2 Å². The Bertz CT molecular complexity index is 1080. The summed E-state index contributed by atoms with van der Waals surface area (Å²) in [5.74, 6) is -0.988. The fourth-order valence-corrected chi connectivity index (χ4v) is 3.86. The van der Waals surface area contributed by atoms with Crippen molar-refractivity contribution in [2.45, 2.75) is 20.8 Å². The molecule has 2 N–H and O–H groups in total. The van der Waals surface area contributed by atoms with E-state index < -0.39 is 5.76 Å². The number of aromatic amines is 1. The lowest BCUT2D eigenvalue weighted by molar-refractivity contribution is 0.440. The van der Waals surface area contributed by atoms with Gasteiger partial charge in [0.2, 0.25) is 11.6 Å². The van der Waals surface area contributed by atoms with Crippen LogP contribution in [-0.2, 0) is 0 Å². The number of rotatable bonds is 2. The fourth-order valence-electron chi connectivity index (χ4n) is 2.80. The summed E-state index contributed by atoms with van der Waals surface area (Å²) in [5, 5.41) is 10.6. The number of pyridine rings is 1. The standard InChI is InChI=1S/C17H14Br2N2O4/c1-7-12(8(2)14(19)9(3)13(7)18)15-16(23)21(17(24)25-15)11-6-10(22)4-5-20-11/h4-6,23H,1-3H3,(H,20,22). The van der Waals surface area contributed by atoms with Gasteiger partial charge in [0.1, 0.15) is 5.82 Å². The second-order valence-electron chi connectivity index (χ2n) is 5.64. The van der Waals surface area contributed by atoms with Crippen LogP contribution in [0.3, 0.4) is 0 Å². The van der Waals surface area contributed by atoms with Gasteiger partial charge < -0.3 is 14.5 Å². The molecule has 25 heavy (non-hydrogen) atoms. The number of halogens is 2. The van der Waals surface area contributed by atoms with Crippen molar-refractivity contribution in [3.63, 3.8) is 0 Å². The third-order valence-electron chi connectivity index (χ3n) is 4.08. The molecule has 8 heteroatoms. The van der Waals surface area contributed by atoms with Crippen LogP contribution in [0.25, 0.3) is 17.1 Å². The van der Waals surface area contributed by atoms with Crippen LogP contribution in [0, 0.1) is 20.8 Å². The summed E-state index contributed by atoms with van der Waals surface area (Å²) < 4.78 is 7.96. The predicted octanol–water partition coefficient (Wildman–Crippen LogP) is 3.94. The number of hydrogen-bond acceptors (Lipinski definition) is 4. The molecule has 0 saturated carbocycles. The van der Waals surface area contributed by atoms with Gasteiger partial charge in [-0.15, -0.1) is 0 Å². The summed E-state index contributed by atoms with van der Waals surface area (Å²) in [6.07, 6.45) is 1.39. The van der Waals surface area contributed by atoms with Gasteiger partial charge in [0.25, 0.3) is 0 Å². The molecule has 0 aliphatic heterocycles. The Morgan fingerprint density at radius 3 is 2.24 bits per heavy atom. The van der Waals surface area contributed by atoms with Crippen LogP contribution in [-0.4, -0.2) is 14.7 Å². The number of nitrogens with zero attached hydrogens (tertiary/aromatic N) is 1. The molecule has 1 aromatic carbocycles. The van der Waals surface area contributed by atoms with Crippen LogP contribution in [0.2, 0.25) is 0 Å². The monoisotopic (exact) mass is 468 g/mol. The summed E-state index contributed by atoms with van der Waals surface area (Å²) in [4.78, 5) is 26.6. The molecule has 6 nitrogen and oxygen atoms in total. The maximum absolute atomic E-state index is 12.3. The topological polar surface area (TPSA) is 88.2 Å². The second-order valence-corrected chi connectivity index (χ2v) is 7.23. The van der Waals surface area contributed by atoms with Gasteiger partial charge in [-0.05, 0) is 37.5 Å². The molecule has 0 unspecified atom stereocenters. The summed E-state index contributed by atoms with van der Waals surface area (Å²) in [7, 11) is 0. The van der Waals surface area contributed by atoms with Crippen LogP contribution in [0.1, 0.15) is 16.7 Å². The van der Waals surface area contributed by atoms with Crippen LogP contribution >= 0.6 is 31.9 Å². The van der Waals surface area contributed by atoms with E-state index in [4.69, 9.17) is 4.42 Å². The van der Waals surface area contributed by atoms with Gasteiger partial charge in [-0.1, -0.05) is 31.9 Å². The Hall–Kier alpha value is -2.06. The molecule has 2 heterocycles. The first kappa shape index (κ1) is 17.8. The average molecular weight is 470 g/mol. The largest absolute Gasteiger partial charge is 0.491 e. The summed E-state index contributed by atoms with van der Waals surface area (Å²) in [6.45, 7) is 5.69. The molecular formula is C17H14Br2N2O4. The lowest BCUT2D eigenvalue weighted by atomic mass is 9.98. The minimum Gasteiger partial charge on any atom is -0.491 e. The minimum atomic E-state index is -0.791. The van der Waals surface area contributed by atoms with Crippen LogP contribution < -0.4 is 11.2 Å². The van der Waals surface area contributed by atoms with Crippen molar-refractivity contribution >= 4 is 31.9 Å². The maximum atomic E-state index is 12.3. The van der Waals surface area contributed by atoms with Crippen LogP contribution in [0.5, 0.6) is 5.88 Å². The molecule has 3 rings (SSSR count). The van der Waals surface area contributed by atoms with Crippen molar-refractivity contribution in [1.29, 1.82) is 0 Å². The molecule has 130 valence electrons. The van der Waals surface area contributed by atoms with E-state index in [1.165, 1.54) is 18.3 Å². The first-order valence-electron chi connectivity index (χ1n) is 7.33. The highest BCUT2D eigenvalue weighted by Crippen LogP contribution is 2.42. The number of benzene rings is 1. The maximum Gasteiger partial charge on any atom is 0.428 e. The van der Waals surface area contributed by atoms with Gasteiger partial charge in [0.15, 0.2) is 5.43 Å². The summed E-state index contributed by atoms with van der Waals surface area (Å²) in [6, 6.07) is 2.52. The van der Waals surface area contributed by atoms with Crippen molar-refractivity contribution < 1.29 is 9.52 Å². The first-order chi connectivity index (χ1) is 11.7. The van der Waals surface area contributed by atoms with Crippen molar-refractivity contribution in [2.24, 2.45) is 0 Å². The Kier molecular flexibility index (Phi) is 4.51. The molecule has 0 bridgehead atoms. The van der Waals surface area contributed by atoms with Crippen molar-refractivity contribution in [2.75, 3.05) is 0 Å². The zero-order chi connectivity index (χ0) is 18.5. The average Bonchev–Trinajstić information content (AvgIpc) is 2.86. The van der Waals surface area contributed by atoms with Crippen molar-refractivity contribution in [1.82, 2.24) is 9.55 Å². The molecule has 0 aliphatic carbocycles. The quantitative estimate of drug-likeness (QED) is 0.594. The van der Waals surface area contributed by atoms with E-state index >= 15 is 0 Å². The van der Waals surface area contributed by atoms with Gasteiger partial charge in [-0.3, -0.25) is 4.79 Å². The fraction of sp³-hybridized carbons (Fsp3) is 0.176. The van der Waals surface area contributed by atoms with Crippen LogP contribution in [0.4, 0.5) is 0 Å². The molecule has 2 aromatic heterocycles. The molecule has 0 atom stereocenters. The first-order valence-corrected chi connectivity index (χ1v) is 8.91. The summed E-state index contributed by atoms with van der Waals surface area (Å²) >= 11 is 7.06. The number of aromatic nitrogens is 2. The molecule has 0 amide bonds. The minimum absolute atomic E-state index is 0.0473. The van der Waals surface area contributed by atoms with E-state index in [1.807, 2.05) is 20.8 Å². The lowest BCUT2D eigenvalue weighted by Gasteiger charge is -2.15. The van der Waals surface area contributed by atoms with Crippen molar-refractivity contribution in [3.05, 3.63) is 64.7 Å². The van der Waals surface area contributed by atoms with Gasteiger partial charge in [-0.25, -0.2) is 4.79 Å². The number of H-pyrrole nitrogens is 1. The highest BCUT2D eigenvalue weighted by molar-refractivity contribution is 9.11. The van der Waals surface area contributed by atoms with Gasteiger partial charge in [0, 0.05) is 32.8 Å². The lowest BCUT2D eigenvalue weighted by Crippen LogP contribution is -2.15. The number of hydrogen-bond donors (Lipinski definition) is 2. The molecule has 0 saturated heterocycles. The Morgan fingerprint density at radius 1 is 1.08 bits per heavy atom. The Labute approximate surface area is 159 Å². The summed E-state index contributed by atoms with van der Waals surface area (Å²) in [5.41, 5.74) is 2.98. The van der Waals surface area contributed by atoms with Crippen LogP contribution in [0.15, 0.2) is 41.3 Å². The van der Waals surface area contributed by atoms with E-state index in [9.17, 15) is 14.7 Å². The molecule has 0 fully saturated rings. The van der Waals surface area contributed by atoms with E-state index in [0.29, 0.717) is 5.56 Å². The van der Waals surface area contributed by atoms with Gasteiger partial charge in [0.05, 0.1) is 0 Å². The zero-order valence-corrected chi connectivity index (χ0v) is 16.8. The number of aromatic hydroxyl groups is 1.